The van der Waals surface area contributed by atoms with Gasteiger partial charge in [0.05, 0.1) is 11.1 Å². The molecule has 0 heterocycles. The van der Waals surface area contributed by atoms with Crippen molar-refractivity contribution in [3.63, 3.8) is 0 Å². The summed E-state index contributed by atoms with van der Waals surface area (Å²) >= 11 is 0. The lowest BCUT2D eigenvalue weighted by Crippen LogP contribution is -2.15. The summed E-state index contributed by atoms with van der Waals surface area (Å²) in [5.41, 5.74) is 2.45. The van der Waals surface area contributed by atoms with Crippen molar-refractivity contribution < 1.29 is 19.8 Å². The molecular weight excluding hydrogens is 328 g/mol. The predicted octanol–water partition coefficient (Wildman–Crippen LogP) is 5.35. The highest BCUT2D eigenvalue weighted by molar-refractivity contribution is 6.02. The van der Waals surface area contributed by atoms with Gasteiger partial charge in [0.1, 0.15) is 0 Å². The van der Waals surface area contributed by atoms with Gasteiger partial charge in [0.2, 0.25) is 0 Å². The molecule has 0 aliphatic rings. The lowest BCUT2D eigenvalue weighted by atomic mass is 9.82. The van der Waals surface area contributed by atoms with Gasteiger partial charge < -0.3 is 10.2 Å². The molecule has 26 heavy (non-hydrogen) atoms. The summed E-state index contributed by atoms with van der Waals surface area (Å²) in [7, 11) is 0. The van der Waals surface area contributed by atoms with Gasteiger partial charge >= 0.3 is 11.9 Å². The second-order valence-corrected chi connectivity index (χ2v) is 8.63. The molecule has 0 saturated carbocycles. The third kappa shape index (κ3) is 3.96. The molecular formula is C22H26O4. The van der Waals surface area contributed by atoms with Crippen molar-refractivity contribution >= 4 is 11.9 Å². The molecule has 0 aliphatic carbocycles. The maximum absolute atomic E-state index is 11.8. The van der Waals surface area contributed by atoms with E-state index in [0.717, 1.165) is 11.1 Å². The molecule has 0 radical (unpaired) electrons. The zero-order chi connectivity index (χ0) is 19.9. The van der Waals surface area contributed by atoms with Gasteiger partial charge in [0.15, 0.2) is 0 Å². The SMILES string of the molecule is CC(C)(C)c1ccc(-c2ccc(C(C)(C)C)cc2C(=O)O)c(C(=O)O)c1. The molecule has 2 rings (SSSR count). The van der Waals surface area contributed by atoms with E-state index in [1.165, 1.54) is 0 Å². The van der Waals surface area contributed by atoms with E-state index in [9.17, 15) is 19.8 Å². The van der Waals surface area contributed by atoms with Gasteiger partial charge in [-0.1, -0.05) is 65.8 Å². The molecule has 2 aromatic carbocycles. The Kier molecular flexibility index (Phi) is 5.00. The Morgan fingerprint density at radius 3 is 1.19 bits per heavy atom. The molecule has 0 bridgehead atoms. The average molecular weight is 354 g/mol. The smallest absolute Gasteiger partial charge is 0.336 e. The van der Waals surface area contributed by atoms with Crippen LogP contribution in [0.15, 0.2) is 36.4 Å². The molecule has 0 aromatic heterocycles. The summed E-state index contributed by atoms with van der Waals surface area (Å²) < 4.78 is 0. The van der Waals surface area contributed by atoms with Gasteiger partial charge in [0.25, 0.3) is 0 Å². The monoisotopic (exact) mass is 354 g/mol. The number of carboxylic acid groups (broad SMARTS) is 2. The van der Waals surface area contributed by atoms with Crippen molar-refractivity contribution in [3.8, 4) is 11.1 Å². The molecule has 4 nitrogen and oxygen atoms in total. The Morgan fingerprint density at radius 2 is 0.962 bits per heavy atom. The quantitative estimate of drug-likeness (QED) is 0.779. The molecule has 138 valence electrons. The van der Waals surface area contributed by atoms with Crippen molar-refractivity contribution in [1.82, 2.24) is 0 Å². The molecule has 0 atom stereocenters. The fourth-order valence-corrected chi connectivity index (χ4v) is 2.85. The number of carbonyl (C=O) groups is 2. The van der Waals surface area contributed by atoms with Gasteiger partial charge in [-0.25, -0.2) is 9.59 Å². The first-order valence-corrected chi connectivity index (χ1v) is 8.58. The molecule has 2 aromatic rings. The van der Waals surface area contributed by atoms with E-state index in [2.05, 4.69) is 0 Å². The first-order valence-electron chi connectivity index (χ1n) is 8.58. The molecule has 4 heteroatoms. The van der Waals surface area contributed by atoms with E-state index in [4.69, 9.17) is 0 Å². The van der Waals surface area contributed by atoms with Crippen LogP contribution in [0.1, 0.15) is 73.4 Å². The fraction of sp³-hybridized carbons (Fsp3) is 0.364. The van der Waals surface area contributed by atoms with Crippen LogP contribution in [0.5, 0.6) is 0 Å². The molecule has 2 N–H and O–H groups in total. The van der Waals surface area contributed by atoms with Crippen LogP contribution in [0, 0.1) is 0 Å². The van der Waals surface area contributed by atoms with Crippen LogP contribution in [0.25, 0.3) is 11.1 Å². The van der Waals surface area contributed by atoms with Gasteiger partial charge in [-0.15, -0.1) is 0 Å². The average Bonchev–Trinajstić information content (AvgIpc) is 2.51. The van der Waals surface area contributed by atoms with Crippen molar-refractivity contribution in [1.29, 1.82) is 0 Å². The van der Waals surface area contributed by atoms with E-state index in [1.807, 2.05) is 53.7 Å². The molecule has 0 aliphatic heterocycles. The number of aromatic carboxylic acids is 2. The van der Waals surface area contributed by atoms with Crippen LogP contribution < -0.4 is 0 Å². The van der Waals surface area contributed by atoms with Crippen LogP contribution >= 0.6 is 0 Å². The second-order valence-electron chi connectivity index (χ2n) is 8.63. The summed E-state index contributed by atoms with van der Waals surface area (Å²) in [5.74, 6) is -2.13. The Hall–Kier alpha value is -2.62. The number of rotatable bonds is 3. The van der Waals surface area contributed by atoms with Gasteiger partial charge in [-0.05, 0) is 45.2 Å². The Bertz CT molecular complexity index is 791. The van der Waals surface area contributed by atoms with Crippen LogP contribution in [-0.4, -0.2) is 22.2 Å². The zero-order valence-electron chi connectivity index (χ0n) is 16.2. The standard InChI is InChI=1S/C22H26O4/c1-21(2,3)13-7-9-15(17(11-13)19(23)24)16-10-8-14(22(4,5)6)12-18(16)20(25)26/h7-12H,1-6H3,(H,23,24)(H,25,26). The maximum Gasteiger partial charge on any atom is 0.336 e. The molecule has 0 fully saturated rings. The van der Waals surface area contributed by atoms with E-state index in [0.29, 0.717) is 11.1 Å². The van der Waals surface area contributed by atoms with Crippen LogP contribution in [0.3, 0.4) is 0 Å². The van der Waals surface area contributed by atoms with Crippen LogP contribution in [0.4, 0.5) is 0 Å². The van der Waals surface area contributed by atoms with Crippen molar-refractivity contribution in [2.75, 3.05) is 0 Å². The Balaban J connectivity index is 2.75. The summed E-state index contributed by atoms with van der Waals surface area (Å²) in [4.78, 5) is 23.7. The highest BCUT2D eigenvalue weighted by atomic mass is 16.4. The predicted molar refractivity (Wildman–Crippen MR) is 103 cm³/mol. The zero-order valence-corrected chi connectivity index (χ0v) is 16.2. The Morgan fingerprint density at radius 1 is 0.654 bits per heavy atom. The van der Waals surface area contributed by atoms with Gasteiger partial charge in [0, 0.05) is 0 Å². The van der Waals surface area contributed by atoms with Gasteiger partial charge in [-0.3, -0.25) is 0 Å². The third-order valence-corrected chi connectivity index (χ3v) is 4.52. The minimum absolute atomic E-state index is 0.114. The minimum Gasteiger partial charge on any atom is -0.478 e. The van der Waals surface area contributed by atoms with E-state index < -0.39 is 11.9 Å². The topological polar surface area (TPSA) is 74.6 Å². The lowest BCUT2D eigenvalue weighted by molar-refractivity contribution is 0.0684. The third-order valence-electron chi connectivity index (χ3n) is 4.52. The molecule has 0 spiro atoms. The summed E-state index contributed by atoms with van der Waals surface area (Å²) in [6.45, 7) is 12.1. The second kappa shape index (κ2) is 6.60. The highest BCUT2D eigenvalue weighted by Crippen LogP contribution is 2.34. The van der Waals surface area contributed by atoms with Crippen molar-refractivity contribution in [2.45, 2.75) is 52.4 Å². The number of hydrogen-bond donors (Lipinski definition) is 2. The van der Waals surface area contributed by atoms with Crippen molar-refractivity contribution in [3.05, 3.63) is 58.7 Å². The van der Waals surface area contributed by atoms with E-state index >= 15 is 0 Å². The van der Waals surface area contributed by atoms with E-state index in [1.54, 1.807) is 24.3 Å². The lowest BCUT2D eigenvalue weighted by Gasteiger charge is -2.22. The summed E-state index contributed by atoms with van der Waals surface area (Å²) in [6, 6.07) is 10.4. The normalized spacial score (nSPS) is 12.1. The maximum atomic E-state index is 11.8. The largest absolute Gasteiger partial charge is 0.478 e. The van der Waals surface area contributed by atoms with Crippen LogP contribution in [0.2, 0.25) is 0 Å². The molecule has 0 amide bonds. The number of hydrogen-bond acceptors (Lipinski definition) is 2. The summed E-state index contributed by atoms with van der Waals surface area (Å²) in [5, 5.41) is 19.4. The number of carboxylic acids is 2. The highest BCUT2D eigenvalue weighted by Gasteiger charge is 2.23. The van der Waals surface area contributed by atoms with E-state index in [-0.39, 0.29) is 22.0 Å². The van der Waals surface area contributed by atoms with Gasteiger partial charge in [-0.2, -0.15) is 0 Å². The minimum atomic E-state index is -1.07. The van der Waals surface area contributed by atoms with Crippen LogP contribution in [-0.2, 0) is 10.8 Å². The summed E-state index contributed by atoms with van der Waals surface area (Å²) in [6.07, 6.45) is 0. The first kappa shape index (κ1) is 19.7. The molecule has 0 unspecified atom stereocenters. The van der Waals surface area contributed by atoms with Crippen molar-refractivity contribution in [2.24, 2.45) is 0 Å². The first-order chi connectivity index (χ1) is 11.8. The fourth-order valence-electron chi connectivity index (χ4n) is 2.85. The molecule has 0 saturated heterocycles. The Labute approximate surface area is 154 Å². The number of benzene rings is 2.